The van der Waals surface area contributed by atoms with Crippen molar-refractivity contribution in [2.75, 3.05) is 52.4 Å². The van der Waals surface area contributed by atoms with Gasteiger partial charge in [-0.15, -0.1) is 0 Å². The van der Waals surface area contributed by atoms with E-state index in [1.807, 2.05) is 4.90 Å². The normalized spacial score (nSPS) is 31.9. The molecule has 2 fully saturated rings. The summed E-state index contributed by atoms with van der Waals surface area (Å²) in [5.41, 5.74) is 1.45. The zero-order valence-corrected chi connectivity index (χ0v) is 15.6. The molecule has 0 atom stereocenters. The van der Waals surface area contributed by atoms with Gasteiger partial charge in [0.15, 0.2) is 0 Å². The van der Waals surface area contributed by atoms with E-state index in [9.17, 15) is 0 Å². The lowest BCUT2D eigenvalue weighted by atomic mass is 10.0. The Kier molecular flexibility index (Phi) is 6.48. The molecular weight excluding hydrogens is 354 g/mol. The largest absolute Gasteiger partial charge is 0.391 e. The van der Waals surface area contributed by atoms with Crippen LogP contribution in [0.4, 0.5) is 0 Å². The van der Waals surface area contributed by atoms with E-state index in [-0.39, 0.29) is 0 Å². The molecule has 0 bridgehead atoms. The van der Waals surface area contributed by atoms with Crippen LogP contribution in [0.25, 0.3) is 0 Å². The van der Waals surface area contributed by atoms with E-state index >= 15 is 0 Å². The van der Waals surface area contributed by atoms with Crippen molar-refractivity contribution in [1.82, 2.24) is 0 Å². The summed E-state index contributed by atoms with van der Waals surface area (Å²) in [6.07, 6.45) is 2.74. The molecule has 4 N–H and O–H groups in total. The maximum atomic E-state index is 9.07. The highest BCUT2D eigenvalue weighted by molar-refractivity contribution is 9.10. The summed E-state index contributed by atoms with van der Waals surface area (Å²) in [7, 11) is 0. The van der Waals surface area contributed by atoms with Crippen LogP contribution in [-0.2, 0) is 6.54 Å². The molecule has 0 saturated carbocycles. The van der Waals surface area contributed by atoms with E-state index < -0.39 is 0 Å². The summed E-state index contributed by atoms with van der Waals surface area (Å²) in [5, 5.41) is 9.07. The SMILES string of the molecule is OCC[NH+]1CC[NH+](C2CC[NH+](Cc3ccc(Br)cc3)CC2)CC1. The van der Waals surface area contributed by atoms with E-state index in [1.165, 1.54) is 68.7 Å². The van der Waals surface area contributed by atoms with Gasteiger partial charge >= 0.3 is 0 Å². The van der Waals surface area contributed by atoms with Crippen LogP contribution in [0.3, 0.4) is 0 Å². The third-order valence-electron chi connectivity index (χ3n) is 5.70. The van der Waals surface area contributed by atoms with Crippen LogP contribution in [0, 0.1) is 0 Å². The second kappa shape index (κ2) is 8.58. The van der Waals surface area contributed by atoms with Gasteiger partial charge in [-0.3, -0.25) is 0 Å². The van der Waals surface area contributed by atoms with Crippen LogP contribution in [0.1, 0.15) is 18.4 Å². The van der Waals surface area contributed by atoms with Crippen LogP contribution >= 0.6 is 15.9 Å². The highest BCUT2D eigenvalue weighted by Gasteiger charge is 2.33. The number of piperidine rings is 1. The van der Waals surface area contributed by atoms with Crippen LogP contribution in [0.15, 0.2) is 28.7 Å². The average Bonchev–Trinajstić information content (AvgIpc) is 2.59. The molecule has 2 aliphatic rings. The molecule has 2 saturated heterocycles. The Morgan fingerprint density at radius 1 is 0.913 bits per heavy atom. The quantitative estimate of drug-likeness (QED) is 0.455. The van der Waals surface area contributed by atoms with Gasteiger partial charge in [0.25, 0.3) is 0 Å². The topological polar surface area (TPSA) is 33.6 Å². The number of halogens is 1. The fourth-order valence-electron chi connectivity index (χ4n) is 4.24. The molecule has 5 heteroatoms. The average molecular weight is 385 g/mol. The lowest BCUT2D eigenvalue weighted by molar-refractivity contribution is -1.03. The van der Waals surface area contributed by atoms with Crippen molar-refractivity contribution in [3.8, 4) is 0 Å². The first-order valence-electron chi connectivity index (χ1n) is 9.11. The summed E-state index contributed by atoms with van der Waals surface area (Å²) in [6.45, 7) is 10.1. The van der Waals surface area contributed by atoms with Gasteiger partial charge in [-0.05, 0) is 12.1 Å². The standard InChI is InChI=1S/C18H28BrN3O/c19-17-3-1-16(2-4-17)15-21-7-5-18(6-8-21)22-11-9-20(10-12-22)13-14-23/h1-4,18,23H,5-15H2/p+3. The number of rotatable bonds is 5. The van der Waals surface area contributed by atoms with E-state index in [0.29, 0.717) is 6.61 Å². The Bertz CT molecular complexity index is 466. The minimum absolute atomic E-state index is 0.336. The molecule has 0 spiro atoms. The maximum Gasteiger partial charge on any atom is 0.127 e. The number of hydrogen-bond acceptors (Lipinski definition) is 1. The number of quaternary nitrogens is 3. The van der Waals surface area contributed by atoms with Crippen LogP contribution in [-0.4, -0.2) is 63.6 Å². The highest BCUT2D eigenvalue weighted by Crippen LogP contribution is 2.09. The lowest BCUT2D eigenvalue weighted by Crippen LogP contribution is -3.30. The van der Waals surface area contributed by atoms with Crippen molar-refractivity contribution in [3.63, 3.8) is 0 Å². The van der Waals surface area contributed by atoms with Crippen LogP contribution in [0.5, 0.6) is 0 Å². The third kappa shape index (κ3) is 5.00. The monoisotopic (exact) mass is 384 g/mol. The van der Waals surface area contributed by atoms with Crippen LogP contribution in [0.2, 0.25) is 0 Å². The first-order chi connectivity index (χ1) is 11.2. The maximum absolute atomic E-state index is 9.07. The first-order valence-corrected chi connectivity index (χ1v) is 9.91. The first kappa shape index (κ1) is 17.4. The number of piperazine rings is 1. The Morgan fingerprint density at radius 2 is 1.57 bits per heavy atom. The molecule has 128 valence electrons. The Morgan fingerprint density at radius 3 is 2.17 bits per heavy atom. The summed E-state index contributed by atoms with van der Waals surface area (Å²) < 4.78 is 1.17. The Labute approximate surface area is 148 Å². The van der Waals surface area contributed by atoms with Gasteiger partial charge in [-0.25, -0.2) is 0 Å². The predicted molar refractivity (Wildman–Crippen MR) is 94.9 cm³/mol. The minimum Gasteiger partial charge on any atom is -0.391 e. The zero-order valence-electron chi connectivity index (χ0n) is 14.0. The molecule has 0 radical (unpaired) electrons. The van der Waals surface area contributed by atoms with Crippen molar-refractivity contribution in [2.24, 2.45) is 0 Å². The summed E-state index contributed by atoms with van der Waals surface area (Å²) in [5.74, 6) is 0. The molecule has 1 aromatic rings. The van der Waals surface area contributed by atoms with Gasteiger partial charge in [-0.2, -0.15) is 0 Å². The molecule has 3 rings (SSSR count). The molecule has 0 aliphatic carbocycles. The van der Waals surface area contributed by atoms with E-state index in [2.05, 4.69) is 40.2 Å². The Hall–Kier alpha value is -0.460. The third-order valence-corrected chi connectivity index (χ3v) is 6.23. The van der Waals surface area contributed by atoms with E-state index in [1.54, 1.807) is 9.80 Å². The molecule has 0 aromatic heterocycles. The molecule has 0 amide bonds. The Balaban J connectivity index is 1.41. The van der Waals surface area contributed by atoms with Gasteiger partial charge < -0.3 is 19.8 Å². The number of nitrogens with one attached hydrogen (secondary N) is 3. The van der Waals surface area contributed by atoms with E-state index in [4.69, 9.17) is 5.11 Å². The summed E-state index contributed by atoms with van der Waals surface area (Å²) in [6, 6.07) is 9.67. The molecule has 2 heterocycles. The number of aliphatic hydroxyl groups excluding tert-OH is 1. The van der Waals surface area contributed by atoms with Crippen molar-refractivity contribution in [1.29, 1.82) is 0 Å². The van der Waals surface area contributed by atoms with Gasteiger partial charge in [-0.1, -0.05) is 28.1 Å². The smallest absolute Gasteiger partial charge is 0.127 e. The number of aliphatic hydroxyl groups is 1. The predicted octanol–water partition coefficient (Wildman–Crippen LogP) is -2.23. The number of likely N-dealkylation sites (tertiary alicyclic amines) is 1. The number of benzene rings is 1. The molecule has 23 heavy (non-hydrogen) atoms. The van der Waals surface area contributed by atoms with E-state index in [0.717, 1.165) is 12.6 Å². The fourth-order valence-corrected chi connectivity index (χ4v) is 4.51. The second-order valence-electron chi connectivity index (χ2n) is 7.21. The summed E-state index contributed by atoms with van der Waals surface area (Å²) >= 11 is 3.51. The van der Waals surface area contributed by atoms with Crippen molar-refractivity contribution in [3.05, 3.63) is 34.3 Å². The minimum atomic E-state index is 0.336. The van der Waals surface area contributed by atoms with Gasteiger partial charge in [0, 0.05) is 22.9 Å². The van der Waals surface area contributed by atoms with Gasteiger partial charge in [0.1, 0.15) is 39.3 Å². The molecular formula is C18H31BrN3O+3. The number of hydrogen-bond donors (Lipinski definition) is 4. The van der Waals surface area contributed by atoms with Crippen molar-refractivity contribution < 1.29 is 19.8 Å². The molecule has 1 aromatic carbocycles. The lowest BCUT2D eigenvalue weighted by Gasteiger charge is -2.37. The van der Waals surface area contributed by atoms with Gasteiger partial charge in [0.2, 0.25) is 0 Å². The van der Waals surface area contributed by atoms with Crippen molar-refractivity contribution in [2.45, 2.75) is 25.4 Å². The van der Waals surface area contributed by atoms with Crippen LogP contribution < -0.4 is 14.7 Å². The molecule has 2 aliphatic heterocycles. The van der Waals surface area contributed by atoms with Crippen molar-refractivity contribution >= 4 is 15.9 Å². The molecule has 4 nitrogen and oxygen atoms in total. The fraction of sp³-hybridized carbons (Fsp3) is 0.667. The second-order valence-corrected chi connectivity index (χ2v) is 8.13. The van der Waals surface area contributed by atoms with Gasteiger partial charge in [0.05, 0.1) is 25.7 Å². The molecule has 0 unspecified atom stereocenters. The highest BCUT2D eigenvalue weighted by atomic mass is 79.9. The summed E-state index contributed by atoms with van der Waals surface area (Å²) in [4.78, 5) is 5.16. The zero-order chi connectivity index (χ0) is 16.1.